The molecular formula is C15H17O6-. The number of hydrogen-bond donors (Lipinski definition) is 0. The summed E-state index contributed by atoms with van der Waals surface area (Å²) in [6, 6.07) is 1.22. The fraction of sp³-hybridized carbons (Fsp3) is 0.400. The molecule has 0 N–H and O–H groups in total. The predicted molar refractivity (Wildman–Crippen MR) is 72.2 cm³/mol. The van der Waals surface area contributed by atoms with Crippen LogP contribution in [0.4, 0.5) is 0 Å². The van der Waals surface area contributed by atoms with Crippen molar-refractivity contribution in [2.75, 3.05) is 13.2 Å². The van der Waals surface area contributed by atoms with Crippen LogP contribution in [0.1, 0.15) is 56.0 Å². The minimum absolute atomic E-state index is 0.0907. The van der Waals surface area contributed by atoms with E-state index in [0.717, 1.165) is 0 Å². The second-order valence-corrected chi connectivity index (χ2v) is 4.34. The number of carboxylic acids is 1. The molecule has 0 unspecified atom stereocenters. The molecule has 6 heteroatoms. The van der Waals surface area contributed by atoms with Crippen molar-refractivity contribution in [3.8, 4) is 0 Å². The number of ether oxygens (including phenoxy) is 2. The van der Waals surface area contributed by atoms with Gasteiger partial charge in [-0.05, 0) is 44.9 Å². The van der Waals surface area contributed by atoms with Crippen LogP contribution in [0.3, 0.4) is 0 Å². The van der Waals surface area contributed by atoms with E-state index in [9.17, 15) is 19.5 Å². The van der Waals surface area contributed by atoms with Crippen molar-refractivity contribution in [1.29, 1.82) is 0 Å². The molecule has 0 bridgehead atoms. The largest absolute Gasteiger partial charge is 0.545 e. The fourth-order valence-electron chi connectivity index (χ4n) is 2.13. The van der Waals surface area contributed by atoms with Crippen LogP contribution in [-0.4, -0.2) is 31.1 Å². The van der Waals surface area contributed by atoms with Gasteiger partial charge in [-0.1, -0.05) is 0 Å². The first kappa shape index (κ1) is 16.7. The van der Waals surface area contributed by atoms with Gasteiger partial charge in [0.1, 0.15) is 0 Å². The number of aryl methyl sites for hydroxylation is 1. The molecule has 0 aliphatic carbocycles. The number of benzene rings is 1. The molecule has 1 aromatic carbocycles. The quantitative estimate of drug-likeness (QED) is 0.752. The van der Waals surface area contributed by atoms with Crippen LogP contribution in [0.25, 0.3) is 0 Å². The summed E-state index contributed by atoms with van der Waals surface area (Å²) in [6.07, 6.45) is 0. The first-order valence-electron chi connectivity index (χ1n) is 6.54. The van der Waals surface area contributed by atoms with E-state index in [2.05, 4.69) is 0 Å². The molecule has 0 saturated carbocycles. The number of carbonyl (C=O) groups excluding carboxylic acids is 3. The second kappa shape index (κ2) is 6.88. The van der Waals surface area contributed by atoms with Crippen LogP contribution < -0.4 is 5.11 Å². The van der Waals surface area contributed by atoms with Gasteiger partial charge in [0.25, 0.3) is 0 Å². The Bertz CT molecular complexity index is 588. The van der Waals surface area contributed by atoms with Gasteiger partial charge in [-0.15, -0.1) is 0 Å². The number of esters is 2. The molecule has 0 aliphatic rings. The van der Waals surface area contributed by atoms with E-state index >= 15 is 0 Å². The average molecular weight is 293 g/mol. The highest BCUT2D eigenvalue weighted by Crippen LogP contribution is 2.24. The lowest BCUT2D eigenvalue weighted by Gasteiger charge is -2.17. The van der Waals surface area contributed by atoms with E-state index in [-0.39, 0.29) is 35.5 Å². The zero-order valence-corrected chi connectivity index (χ0v) is 12.4. The van der Waals surface area contributed by atoms with Gasteiger partial charge in [0, 0.05) is 5.56 Å². The standard InChI is InChI=1S/C15H18O6/c1-5-20-14(18)11-8(3)7-10(13(16)17)12(9(11)4)15(19)21-6-2/h7H,5-6H2,1-4H3,(H,16,17)/p-1. The molecule has 0 saturated heterocycles. The molecule has 0 atom stereocenters. The Hall–Kier alpha value is -2.37. The first-order valence-corrected chi connectivity index (χ1v) is 6.54. The highest BCUT2D eigenvalue weighted by atomic mass is 16.5. The number of rotatable bonds is 5. The zero-order chi connectivity index (χ0) is 16.2. The van der Waals surface area contributed by atoms with Gasteiger partial charge in [0.05, 0.1) is 30.3 Å². The maximum atomic E-state index is 12.0. The lowest BCUT2D eigenvalue weighted by molar-refractivity contribution is -0.255. The van der Waals surface area contributed by atoms with Gasteiger partial charge < -0.3 is 19.4 Å². The van der Waals surface area contributed by atoms with Gasteiger partial charge in [0.15, 0.2) is 0 Å². The third kappa shape index (κ3) is 3.39. The summed E-state index contributed by atoms with van der Waals surface area (Å²) < 4.78 is 9.78. The summed E-state index contributed by atoms with van der Waals surface area (Å²) in [5.74, 6) is -2.91. The third-order valence-corrected chi connectivity index (χ3v) is 2.95. The van der Waals surface area contributed by atoms with Crippen LogP contribution in [0, 0.1) is 13.8 Å². The van der Waals surface area contributed by atoms with Crippen molar-refractivity contribution in [1.82, 2.24) is 0 Å². The Morgan fingerprint density at radius 2 is 1.48 bits per heavy atom. The fourth-order valence-corrected chi connectivity index (χ4v) is 2.13. The molecule has 0 radical (unpaired) electrons. The van der Waals surface area contributed by atoms with E-state index in [4.69, 9.17) is 9.47 Å². The Morgan fingerprint density at radius 3 is 1.90 bits per heavy atom. The van der Waals surface area contributed by atoms with Crippen LogP contribution in [0.5, 0.6) is 0 Å². The van der Waals surface area contributed by atoms with Crippen LogP contribution in [-0.2, 0) is 9.47 Å². The Labute approximate surface area is 122 Å². The smallest absolute Gasteiger partial charge is 0.339 e. The van der Waals surface area contributed by atoms with E-state index in [1.807, 2.05) is 0 Å². The molecule has 0 aromatic heterocycles. The molecule has 1 rings (SSSR count). The monoisotopic (exact) mass is 293 g/mol. The summed E-state index contributed by atoms with van der Waals surface area (Å²) >= 11 is 0. The molecule has 1 aromatic rings. The molecule has 6 nitrogen and oxygen atoms in total. The molecule has 114 valence electrons. The Kier molecular flexibility index (Phi) is 5.46. The van der Waals surface area contributed by atoms with E-state index in [0.29, 0.717) is 5.56 Å². The van der Waals surface area contributed by atoms with Crippen LogP contribution >= 0.6 is 0 Å². The molecule has 0 aliphatic heterocycles. The summed E-state index contributed by atoms with van der Waals surface area (Å²) in [7, 11) is 0. The van der Waals surface area contributed by atoms with Crippen molar-refractivity contribution < 1.29 is 29.0 Å². The molecular weight excluding hydrogens is 276 g/mol. The van der Waals surface area contributed by atoms with Crippen LogP contribution in [0.15, 0.2) is 6.07 Å². The summed E-state index contributed by atoms with van der Waals surface area (Å²) in [6.45, 7) is 6.58. The second-order valence-electron chi connectivity index (χ2n) is 4.34. The van der Waals surface area contributed by atoms with Crippen molar-refractivity contribution >= 4 is 17.9 Å². The molecule has 21 heavy (non-hydrogen) atoms. The van der Waals surface area contributed by atoms with Crippen molar-refractivity contribution in [2.24, 2.45) is 0 Å². The lowest BCUT2D eigenvalue weighted by atomic mass is 9.92. The van der Waals surface area contributed by atoms with Crippen LogP contribution in [0.2, 0.25) is 0 Å². The van der Waals surface area contributed by atoms with Crippen molar-refractivity contribution in [3.05, 3.63) is 33.9 Å². The summed E-state index contributed by atoms with van der Waals surface area (Å²) in [4.78, 5) is 35.1. The highest BCUT2D eigenvalue weighted by Gasteiger charge is 2.24. The van der Waals surface area contributed by atoms with E-state index in [1.165, 1.54) is 13.0 Å². The minimum atomic E-state index is -1.50. The highest BCUT2D eigenvalue weighted by molar-refractivity contribution is 6.06. The normalized spacial score (nSPS) is 10.1. The molecule has 0 heterocycles. The molecule has 0 fully saturated rings. The number of hydrogen-bond acceptors (Lipinski definition) is 6. The number of aromatic carboxylic acids is 1. The van der Waals surface area contributed by atoms with Gasteiger partial charge in [0.2, 0.25) is 0 Å². The first-order chi connectivity index (χ1) is 9.84. The summed E-state index contributed by atoms with van der Waals surface area (Å²) in [5, 5.41) is 11.2. The SMILES string of the molecule is CCOC(=O)c1c(C)cc(C(=O)[O-])c(C(=O)OCC)c1C. The maximum absolute atomic E-state index is 12.0. The number of carboxylic acid groups (broad SMARTS) is 1. The van der Waals surface area contributed by atoms with Gasteiger partial charge >= 0.3 is 11.9 Å². The van der Waals surface area contributed by atoms with Gasteiger partial charge in [-0.3, -0.25) is 0 Å². The van der Waals surface area contributed by atoms with Gasteiger partial charge in [-0.2, -0.15) is 0 Å². The van der Waals surface area contributed by atoms with Gasteiger partial charge in [-0.25, -0.2) is 9.59 Å². The Morgan fingerprint density at radius 1 is 1.00 bits per heavy atom. The van der Waals surface area contributed by atoms with Crippen molar-refractivity contribution in [2.45, 2.75) is 27.7 Å². The average Bonchev–Trinajstić information content (AvgIpc) is 2.38. The minimum Gasteiger partial charge on any atom is -0.545 e. The topological polar surface area (TPSA) is 92.7 Å². The number of carbonyl (C=O) groups is 3. The molecule has 0 spiro atoms. The predicted octanol–water partition coefficient (Wildman–Crippen LogP) is 1.02. The van der Waals surface area contributed by atoms with E-state index < -0.39 is 17.9 Å². The lowest BCUT2D eigenvalue weighted by Crippen LogP contribution is -2.27. The zero-order valence-electron chi connectivity index (χ0n) is 12.4. The Balaban J connectivity index is 3.58. The molecule has 0 amide bonds. The maximum Gasteiger partial charge on any atom is 0.339 e. The van der Waals surface area contributed by atoms with E-state index in [1.54, 1.807) is 20.8 Å². The summed E-state index contributed by atoms with van der Waals surface area (Å²) in [5.41, 5.74) is 0.316. The third-order valence-electron chi connectivity index (χ3n) is 2.95. The van der Waals surface area contributed by atoms with Crippen molar-refractivity contribution in [3.63, 3.8) is 0 Å².